The van der Waals surface area contributed by atoms with Gasteiger partial charge >= 0.3 is 0 Å². The van der Waals surface area contributed by atoms with Gasteiger partial charge in [-0.2, -0.15) is 0 Å². The van der Waals surface area contributed by atoms with Crippen LogP contribution in [0.4, 0.5) is 8.78 Å². The lowest BCUT2D eigenvalue weighted by molar-refractivity contribution is 0.507. The van der Waals surface area contributed by atoms with Crippen LogP contribution in [0.3, 0.4) is 0 Å². The van der Waals surface area contributed by atoms with Gasteiger partial charge in [-0.15, -0.1) is 0 Å². The van der Waals surface area contributed by atoms with Crippen molar-refractivity contribution >= 4 is 15.9 Å². The molecule has 0 amide bonds. The molecule has 0 heterocycles. The first-order chi connectivity index (χ1) is 9.11. The largest absolute Gasteiger partial charge is 0.204 e. The van der Waals surface area contributed by atoms with Gasteiger partial charge in [0.1, 0.15) is 0 Å². The molecule has 0 aliphatic heterocycles. The lowest BCUT2D eigenvalue weighted by Crippen LogP contribution is -1.95. The van der Waals surface area contributed by atoms with Crippen LogP contribution in [0.15, 0.2) is 42.5 Å². The van der Waals surface area contributed by atoms with Crippen LogP contribution in [0, 0.1) is 11.6 Å². The summed E-state index contributed by atoms with van der Waals surface area (Å²) in [5, 5.41) is 0. The average Bonchev–Trinajstić information content (AvgIpc) is 2.42. The Morgan fingerprint density at radius 2 is 1.58 bits per heavy atom. The van der Waals surface area contributed by atoms with E-state index in [0.29, 0.717) is 5.56 Å². The monoisotopic (exact) mass is 324 g/mol. The molecule has 2 aromatic carbocycles. The number of aryl methyl sites for hydroxylation is 1. The Balaban J connectivity index is 2.22. The van der Waals surface area contributed by atoms with Gasteiger partial charge in [-0.1, -0.05) is 59.6 Å². The van der Waals surface area contributed by atoms with Crippen molar-refractivity contribution in [2.45, 2.75) is 24.6 Å². The van der Waals surface area contributed by atoms with Gasteiger partial charge in [0.15, 0.2) is 11.6 Å². The maximum Gasteiger partial charge on any atom is 0.159 e. The Morgan fingerprint density at radius 1 is 0.947 bits per heavy atom. The van der Waals surface area contributed by atoms with E-state index in [4.69, 9.17) is 0 Å². The first-order valence-corrected chi connectivity index (χ1v) is 7.21. The lowest BCUT2D eigenvalue weighted by Gasteiger charge is -2.12. The molecule has 2 rings (SSSR count). The Hall–Kier alpha value is -1.22. The van der Waals surface area contributed by atoms with Crippen molar-refractivity contribution < 1.29 is 8.78 Å². The molecular formula is C16H15BrF2. The third-order valence-electron chi connectivity index (χ3n) is 3.05. The van der Waals surface area contributed by atoms with Gasteiger partial charge in [0.25, 0.3) is 0 Å². The predicted octanol–water partition coefficient (Wildman–Crippen LogP) is 5.40. The molecule has 0 bridgehead atoms. The molecule has 2 aromatic rings. The van der Waals surface area contributed by atoms with E-state index < -0.39 is 11.6 Å². The molecule has 0 aliphatic rings. The molecular weight excluding hydrogens is 310 g/mol. The fourth-order valence-corrected chi connectivity index (χ4v) is 2.59. The van der Waals surface area contributed by atoms with Gasteiger partial charge in [-0.3, -0.25) is 0 Å². The van der Waals surface area contributed by atoms with Crippen molar-refractivity contribution in [2.24, 2.45) is 0 Å². The molecule has 0 nitrogen and oxygen atoms in total. The zero-order valence-electron chi connectivity index (χ0n) is 10.7. The smallest absolute Gasteiger partial charge is 0.159 e. The summed E-state index contributed by atoms with van der Waals surface area (Å²) in [6.45, 7) is 2.14. The summed E-state index contributed by atoms with van der Waals surface area (Å²) in [6.07, 6.45) is 2.17. The summed E-state index contributed by atoms with van der Waals surface area (Å²) >= 11 is 3.53. The second-order valence-electron chi connectivity index (χ2n) is 4.53. The number of alkyl halides is 1. The second-order valence-corrected chi connectivity index (χ2v) is 5.44. The molecule has 1 atom stereocenters. The van der Waals surface area contributed by atoms with Gasteiger partial charge in [0, 0.05) is 0 Å². The van der Waals surface area contributed by atoms with Crippen molar-refractivity contribution in [1.82, 2.24) is 0 Å². The Bertz CT molecular complexity index is 549. The van der Waals surface area contributed by atoms with E-state index in [1.165, 1.54) is 11.6 Å². The minimum atomic E-state index is -0.818. The Labute approximate surface area is 120 Å². The molecule has 0 N–H and O–H groups in total. The minimum Gasteiger partial charge on any atom is -0.204 e. The molecule has 0 radical (unpaired) electrons. The van der Waals surface area contributed by atoms with Crippen molar-refractivity contribution in [1.29, 1.82) is 0 Å². The fraction of sp³-hybridized carbons (Fsp3) is 0.250. The molecule has 100 valence electrons. The number of halogens is 3. The highest BCUT2D eigenvalue weighted by atomic mass is 79.9. The Kier molecular flexibility index (Phi) is 4.70. The molecule has 0 aliphatic carbocycles. The van der Waals surface area contributed by atoms with Crippen LogP contribution in [0.1, 0.15) is 34.9 Å². The normalized spacial score (nSPS) is 12.4. The van der Waals surface area contributed by atoms with Crippen LogP contribution in [0.25, 0.3) is 0 Å². The molecule has 0 fully saturated rings. The highest BCUT2D eigenvalue weighted by Gasteiger charge is 2.12. The fourth-order valence-electron chi connectivity index (χ4n) is 2.00. The van der Waals surface area contributed by atoms with E-state index in [1.807, 2.05) is 12.1 Å². The molecule has 1 unspecified atom stereocenters. The molecule has 0 saturated carbocycles. The van der Waals surface area contributed by atoms with Crippen molar-refractivity contribution in [3.05, 3.63) is 70.8 Å². The quantitative estimate of drug-likeness (QED) is 0.660. The van der Waals surface area contributed by atoms with Crippen LogP contribution in [0.2, 0.25) is 0 Å². The zero-order valence-corrected chi connectivity index (χ0v) is 12.3. The average molecular weight is 325 g/mol. The molecule has 19 heavy (non-hydrogen) atoms. The second kappa shape index (κ2) is 6.29. The maximum absolute atomic E-state index is 13.2. The van der Waals surface area contributed by atoms with Crippen LogP contribution in [-0.4, -0.2) is 0 Å². The molecule has 0 spiro atoms. The number of hydrogen-bond acceptors (Lipinski definition) is 0. The summed E-state index contributed by atoms with van der Waals surface area (Å²) in [5.74, 6) is -1.63. The van der Waals surface area contributed by atoms with E-state index in [9.17, 15) is 8.78 Å². The Morgan fingerprint density at radius 3 is 2.16 bits per heavy atom. The zero-order chi connectivity index (χ0) is 13.8. The molecule has 0 aromatic heterocycles. The van der Waals surface area contributed by atoms with E-state index in [-0.39, 0.29) is 4.83 Å². The van der Waals surface area contributed by atoms with Crippen LogP contribution < -0.4 is 0 Å². The van der Waals surface area contributed by atoms with Gasteiger partial charge in [-0.05, 0) is 35.2 Å². The van der Waals surface area contributed by atoms with E-state index in [0.717, 1.165) is 24.5 Å². The standard InChI is InChI=1S/C16H15BrF2/c1-2-3-11-4-6-12(7-5-11)16(17)13-8-9-14(18)15(19)10-13/h4-10,16H,2-3H2,1H3. The van der Waals surface area contributed by atoms with Crippen molar-refractivity contribution in [2.75, 3.05) is 0 Å². The summed E-state index contributed by atoms with van der Waals surface area (Å²) < 4.78 is 26.1. The maximum atomic E-state index is 13.2. The third kappa shape index (κ3) is 3.41. The summed E-state index contributed by atoms with van der Waals surface area (Å²) in [7, 11) is 0. The van der Waals surface area contributed by atoms with E-state index >= 15 is 0 Å². The number of hydrogen-bond donors (Lipinski definition) is 0. The number of benzene rings is 2. The van der Waals surface area contributed by atoms with Crippen molar-refractivity contribution in [3.8, 4) is 0 Å². The van der Waals surface area contributed by atoms with Crippen LogP contribution in [0.5, 0.6) is 0 Å². The van der Waals surface area contributed by atoms with Gasteiger partial charge < -0.3 is 0 Å². The van der Waals surface area contributed by atoms with Crippen LogP contribution >= 0.6 is 15.9 Å². The highest BCUT2D eigenvalue weighted by Crippen LogP contribution is 2.31. The first-order valence-electron chi connectivity index (χ1n) is 6.29. The minimum absolute atomic E-state index is 0.127. The predicted molar refractivity (Wildman–Crippen MR) is 77.6 cm³/mol. The van der Waals surface area contributed by atoms with Gasteiger partial charge in [0.05, 0.1) is 4.83 Å². The lowest BCUT2D eigenvalue weighted by atomic mass is 10.0. The van der Waals surface area contributed by atoms with E-state index in [1.54, 1.807) is 6.07 Å². The van der Waals surface area contributed by atoms with Crippen LogP contribution in [-0.2, 0) is 6.42 Å². The highest BCUT2D eigenvalue weighted by molar-refractivity contribution is 9.09. The summed E-state index contributed by atoms with van der Waals surface area (Å²) in [4.78, 5) is -0.127. The van der Waals surface area contributed by atoms with Crippen molar-refractivity contribution in [3.63, 3.8) is 0 Å². The topological polar surface area (TPSA) is 0 Å². The molecule has 3 heteroatoms. The molecule has 0 saturated heterocycles. The van der Waals surface area contributed by atoms with E-state index in [2.05, 4.69) is 35.0 Å². The first kappa shape index (κ1) is 14.2. The van der Waals surface area contributed by atoms with Gasteiger partial charge in [-0.25, -0.2) is 8.78 Å². The van der Waals surface area contributed by atoms with Gasteiger partial charge in [0.2, 0.25) is 0 Å². The summed E-state index contributed by atoms with van der Waals surface area (Å²) in [6, 6.07) is 12.2. The SMILES string of the molecule is CCCc1ccc(C(Br)c2ccc(F)c(F)c2)cc1. The third-order valence-corrected chi connectivity index (χ3v) is 4.10. The number of rotatable bonds is 4. The summed E-state index contributed by atoms with van der Waals surface area (Å²) in [5.41, 5.74) is 3.03.